The first kappa shape index (κ1) is 12.9. The lowest BCUT2D eigenvalue weighted by Crippen LogP contribution is -2.12. The normalized spacial score (nSPS) is 16.3. The zero-order chi connectivity index (χ0) is 14.4. The summed E-state index contributed by atoms with van der Waals surface area (Å²) >= 11 is 5.99. The lowest BCUT2D eigenvalue weighted by molar-refractivity contribution is 0.0921. The molecule has 1 N–H and O–H groups in total. The van der Waals surface area contributed by atoms with Gasteiger partial charge < -0.3 is 9.52 Å². The monoisotopic (exact) mass is 298 g/mol. The summed E-state index contributed by atoms with van der Waals surface area (Å²) < 4.78 is 5.79. The second-order valence-corrected chi connectivity index (χ2v) is 6.15. The van der Waals surface area contributed by atoms with Crippen LogP contribution < -0.4 is 0 Å². The van der Waals surface area contributed by atoms with Gasteiger partial charge in [0.15, 0.2) is 0 Å². The van der Waals surface area contributed by atoms with E-state index in [1.807, 2.05) is 18.2 Å². The Labute approximate surface area is 128 Å². The Morgan fingerprint density at radius 2 is 1.76 bits per heavy atom. The van der Waals surface area contributed by atoms with Crippen LogP contribution in [0.15, 0.2) is 52.9 Å². The number of hydrogen-bond acceptors (Lipinski definition) is 2. The highest BCUT2D eigenvalue weighted by atomic mass is 35.5. The van der Waals surface area contributed by atoms with Gasteiger partial charge in [-0.3, -0.25) is 0 Å². The van der Waals surface area contributed by atoms with Crippen molar-refractivity contribution in [1.82, 2.24) is 0 Å². The maximum Gasteiger partial charge on any atom is 0.134 e. The molecule has 1 unspecified atom stereocenters. The predicted molar refractivity (Wildman–Crippen MR) is 83.5 cm³/mol. The Morgan fingerprint density at radius 1 is 1.05 bits per heavy atom. The molecule has 0 fully saturated rings. The molecule has 106 valence electrons. The van der Waals surface area contributed by atoms with Crippen molar-refractivity contribution in [2.45, 2.75) is 18.9 Å². The molecule has 0 saturated heterocycles. The van der Waals surface area contributed by atoms with Crippen molar-refractivity contribution in [2.75, 3.05) is 0 Å². The molecule has 3 aromatic rings. The number of aliphatic hydroxyl groups excluding tert-OH is 1. The molecule has 2 nitrogen and oxygen atoms in total. The van der Waals surface area contributed by atoms with Crippen LogP contribution in [0.5, 0.6) is 0 Å². The number of hydrogen-bond donors (Lipinski definition) is 1. The zero-order valence-corrected chi connectivity index (χ0v) is 12.2. The fourth-order valence-corrected chi connectivity index (χ4v) is 3.41. The molecule has 1 atom stereocenters. The Kier molecular flexibility index (Phi) is 3.02. The van der Waals surface area contributed by atoms with Crippen LogP contribution in [0, 0.1) is 5.92 Å². The Morgan fingerprint density at radius 3 is 2.48 bits per heavy atom. The fourth-order valence-electron chi connectivity index (χ4n) is 3.23. The smallest absolute Gasteiger partial charge is 0.134 e. The van der Waals surface area contributed by atoms with E-state index in [2.05, 4.69) is 24.3 Å². The van der Waals surface area contributed by atoms with Crippen molar-refractivity contribution in [3.63, 3.8) is 0 Å². The van der Waals surface area contributed by atoms with Gasteiger partial charge in [0.2, 0.25) is 0 Å². The third-order valence-corrected chi connectivity index (χ3v) is 4.55. The van der Waals surface area contributed by atoms with Gasteiger partial charge in [0.1, 0.15) is 17.4 Å². The van der Waals surface area contributed by atoms with E-state index in [-0.39, 0.29) is 5.92 Å². The van der Waals surface area contributed by atoms with E-state index in [4.69, 9.17) is 16.0 Å². The summed E-state index contributed by atoms with van der Waals surface area (Å²) in [5, 5.41) is 12.3. The summed E-state index contributed by atoms with van der Waals surface area (Å²) in [4.78, 5) is 0. The lowest BCUT2D eigenvalue weighted by atomic mass is 9.97. The van der Waals surface area contributed by atoms with Gasteiger partial charge in [-0.2, -0.15) is 0 Å². The van der Waals surface area contributed by atoms with E-state index in [1.165, 1.54) is 11.1 Å². The number of benzene rings is 2. The van der Waals surface area contributed by atoms with Gasteiger partial charge in [-0.15, -0.1) is 0 Å². The van der Waals surface area contributed by atoms with Crippen LogP contribution in [0.4, 0.5) is 0 Å². The van der Waals surface area contributed by atoms with E-state index in [0.29, 0.717) is 10.8 Å². The maximum absolute atomic E-state index is 10.6. The van der Waals surface area contributed by atoms with Crippen LogP contribution >= 0.6 is 11.6 Å². The third-order valence-electron chi connectivity index (χ3n) is 4.32. The van der Waals surface area contributed by atoms with E-state index in [9.17, 15) is 5.11 Å². The van der Waals surface area contributed by atoms with Crippen LogP contribution in [0.1, 0.15) is 23.0 Å². The maximum atomic E-state index is 10.6. The van der Waals surface area contributed by atoms with Crippen molar-refractivity contribution in [3.05, 3.63) is 70.4 Å². The SMILES string of the molecule is OC(c1cc2cc(Cl)ccc2o1)C1Cc2ccccc2C1. The van der Waals surface area contributed by atoms with Gasteiger partial charge in [0, 0.05) is 16.3 Å². The number of furan rings is 1. The van der Waals surface area contributed by atoms with Gasteiger partial charge in [-0.05, 0) is 48.2 Å². The predicted octanol–water partition coefficient (Wildman–Crippen LogP) is 4.53. The molecule has 1 aromatic heterocycles. The van der Waals surface area contributed by atoms with Crippen LogP contribution in [-0.4, -0.2) is 5.11 Å². The first-order valence-electron chi connectivity index (χ1n) is 7.14. The molecule has 1 aliphatic rings. The van der Waals surface area contributed by atoms with Gasteiger partial charge >= 0.3 is 0 Å². The second-order valence-electron chi connectivity index (χ2n) is 5.71. The Hall–Kier alpha value is -1.77. The molecule has 0 bridgehead atoms. The van der Waals surface area contributed by atoms with E-state index in [0.717, 1.165) is 23.8 Å². The summed E-state index contributed by atoms with van der Waals surface area (Å²) in [6, 6.07) is 15.8. The van der Waals surface area contributed by atoms with E-state index < -0.39 is 6.10 Å². The molecule has 3 heteroatoms. The fraction of sp³-hybridized carbons (Fsp3) is 0.222. The Bertz CT molecular complexity index is 781. The summed E-state index contributed by atoms with van der Waals surface area (Å²) in [5.41, 5.74) is 3.44. The van der Waals surface area contributed by atoms with Crippen LogP contribution in [-0.2, 0) is 12.8 Å². The number of aliphatic hydroxyl groups is 1. The van der Waals surface area contributed by atoms with Gasteiger partial charge in [0.25, 0.3) is 0 Å². The minimum Gasteiger partial charge on any atom is -0.458 e. The van der Waals surface area contributed by atoms with Crippen LogP contribution in [0.2, 0.25) is 5.02 Å². The molecular weight excluding hydrogens is 284 g/mol. The van der Waals surface area contributed by atoms with Crippen molar-refractivity contribution in [1.29, 1.82) is 0 Å². The minimum absolute atomic E-state index is 0.179. The molecular formula is C18H15ClO2. The van der Waals surface area contributed by atoms with Crippen molar-refractivity contribution in [2.24, 2.45) is 5.92 Å². The standard InChI is InChI=1S/C18H15ClO2/c19-15-5-6-16-13(9-15)10-17(21-16)18(20)14-7-11-3-1-2-4-12(11)8-14/h1-6,9-10,14,18,20H,7-8H2. The quantitative estimate of drug-likeness (QED) is 0.754. The van der Waals surface area contributed by atoms with Gasteiger partial charge in [-0.25, -0.2) is 0 Å². The first-order chi connectivity index (χ1) is 10.2. The van der Waals surface area contributed by atoms with E-state index in [1.54, 1.807) is 6.07 Å². The number of halogens is 1. The first-order valence-corrected chi connectivity index (χ1v) is 7.52. The molecule has 1 aliphatic carbocycles. The van der Waals surface area contributed by atoms with Gasteiger partial charge in [0.05, 0.1) is 0 Å². The number of rotatable bonds is 2. The molecule has 0 aliphatic heterocycles. The highest BCUT2D eigenvalue weighted by Gasteiger charge is 2.30. The summed E-state index contributed by atoms with van der Waals surface area (Å²) in [6.45, 7) is 0. The summed E-state index contributed by atoms with van der Waals surface area (Å²) in [7, 11) is 0. The minimum atomic E-state index is -0.580. The highest BCUT2D eigenvalue weighted by molar-refractivity contribution is 6.31. The highest BCUT2D eigenvalue weighted by Crippen LogP contribution is 2.37. The molecule has 21 heavy (non-hydrogen) atoms. The summed E-state index contributed by atoms with van der Waals surface area (Å²) in [5.74, 6) is 0.809. The molecule has 0 saturated carbocycles. The van der Waals surface area contributed by atoms with Crippen molar-refractivity contribution in [3.8, 4) is 0 Å². The van der Waals surface area contributed by atoms with E-state index >= 15 is 0 Å². The summed E-state index contributed by atoms with van der Waals surface area (Å²) in [6.07, 6.45) is 1.22. The molecule has 0 radical (unpaired) electrons. The van der Waals surface area contributed by atoms with Crippen LogP contribution in [0.3, 0.4) is 0 Å². The molecule has 4 rings (SSSR count). The second kappa shape index (κ2) is 4.90. The number of fused-ring (bicyclic) bond motifs is 2. The van der Waals surface area contributed by atoms with Gasteiger partial charge in [-0.1, -0.05) is 35.9 Å². The Balaban J connectivity index is 1.64. The molecule has 0 spiro atoms. The third kappa shape index (κ3) is 2.25. The topological polar surface area (TPSA) is 33.4 Å². The molecule has 1 heterocycles. The average Bonchev–Trinajstić information content (AvgIpc) is 3.09. The van der Waals surface area contributed by atoms with Crippen molar-refractivity contribution < 1.29 is 9.52 Å². The lowest BCUT2D eigenvalue weighted by Gasteiger charge is -2.14. The molecule has 0 amide bonds. The van der Waals surface area contributed by atoms with Crippen molar-refractivity contribution >= 4 is 22.6 Å². The zero-order valence-electron chi connectivity index (χ0n) is 11.4. The average molecular weight is 299 g/mol. The molecule has 2 aromatic carbocycles. The van der Waals surface area contributed by atoms with Crippen LogP contribution in [0.25, 0.3) is 11.0 Å². The largest absolute Gasteiger partial charge is 0.458 e.